The fourth-order valence-electron chi connectivity index (χ4n) is 0.995. The van der Waals surface area contributed by atoms with Crippen LogP contribution in [0.2, 0.25) is 0 Å². The molecule has 76 valence electrons. The normalized spacial score (nSPS) is 12.5. The Kier molecular flexibility index (Phi) is 3.88. The molecular weight excluding hydrogens is 295 g/mol. The van der Waals surface area contributed by atoms with Crippen molar-refractivity contribution in [3.63, 3.8) is 0 Å². The van der Waals surface area contributed by atoms with E-state index < -0.39 is 12.1 Å². The van der Waals surface area contributed by atoms with Crippen LogP contribution in [0.5, 0.6) is 0 Å². The number of rotatable bonds is 2. The molecule has 1 atom stereocenters. The minimum Gasteiger partial charge on any atom is -0.481 e. The lowest BCUT2D eigenvalue weighted by Crippen LogP contribution is -2.07. The molecular formula is C10H11IO3. The minimum atomic E-state index is -0.963. The number of hydrogen-bond donors (Lipinski definition) is 2. The standard InChI is InChI=1S/C6H3I.C4H8O3/c7-6-3-4-1-2-5(4)6;1-3(5)2-4(6)7/h1-3H;3,5H,2H2,1H3,(H,6,7). The van der Waals surface area contributed by atoms with Gasteiger partial charge in [0, 0.05) is 3.57 Å². The molecule has 0 aromatic rings. The fourth-order valence-corrected chi connectivity index (χ4v) is 1.82. The lowest BCUT2D eigenvalue weighted by atomic mass is 10.1. The number of carboxylic acids is 1. The van der Waals surface area contributed by atoms with Crippen molar-refractivity contribution in [2.45, 2.75) is 19.4 Å². The number of benzene rings is 1. The first kappa shape index (κ1) is 11.5. The smallest absolute Gasteiger partial charge is 0.305 e. The SMILES string of the molecule is CC(O)CC(=O)O.Ic1cc2ccc1=2. The number of carboxylic acid groups (broad SMARTS) is 1. The van der Waals surface area contributed by atoms with E-state index in [1.165, 1.54) is 20.9 Å². The molecule has 2 rings (SSSR count). The third-order valence-corrected chi connectivity index (χ3v) is 2.64. The maximum atomic E-state index is 9.65. The van der Waals surface area contributed by atoms with Crippen molar-refractivity contribution in [3.05, 3.63) is 32.2 Å². The summed E-state index contributed by atoms with van der Waals surface area (Å²) < 4.78 is 1.41. The summed E-state index contributed by atoms with van der Waals surface area (Å²) in [7, 11) is 0. The molecule has 14 heavy (non-hydrogen) atoms. The summed E-state index contributed by atoms with van der Waals surface area (Å²) in [4.78, 5) is 9.65. The average molecular weight is 306 g/mol. The van der Waals surface area contributed by atoms with E-state index in [4.69, 9.17) is 10.2 Å². The maximum absolute atomic E-state index is 9.65. The largest absolute Gasteiger partial charge is 0.481 e. The van der Waals surface area contributed by atoms with Crippen LogP contribution in [-0.2, 0) is 4.79 Å². The van der Waals surface area contributed by atoms with Gasteiger partial charge in [-0.1, -0.05) is 12.1 Å². The Hall–Kier alpha value is -0.620. The van der Waals surface area contributed by atoms with Gasteiger partial charge < -0.3 is 10.2 Å². The fraction of sp³-hybridized carbons (Fsp3) is 0.300. The molecule has 2 aliphatic carbocycles. The highest BCUT2D eigenvalue weighted by molar-refractivity contribution is 14.1. The second-order valence-corrected chi connectivity index (χ2v) is 4.30. The van der Waals surface area contributed by atoms with E-state index in [1.807, 2.05) is 0 Å². The Labute approximate surface area is 95.2 Å². The van der Waals surface area contributed by atoms with Crippen LogP contribution in [0, 0.1) is 14.0 Å². The molecule has 0 aromatic heterocycles. The average Bonchev–Trinajstić information content (AvgIpc) is 1.98. The Bertz CT molecular complexity index is 425. The molecule has 0 bridgehead atoms. The van der Waals surface area contributed by atoms with Crippen molar-refractivity contribution in [2.75, 3.05) is 0 Å². The van der Waals surface area contributed by atoms with Crippen molar-refractivity contribution in [3.8, 4) is 0 Å². The molecule has 4 heteroatoms. The first-order valence-corrected chi connectivity index (χ1v) is 5.28. The van der Waals surface area contributed by atoms with Crippen LogP contribution >= 0.6 is 22.6 Å². The van der Waals surface area contributed by atoms with Crippen LogP contribution in [0.25, 0.3) is 0 Å². The van der Waals surface area contributed by atoms with Gasteiger partial charge >= 0.3 is 5.97 Å². The van der Waals surface area contributed by atoms with E-state index in [1.54, 1.807) is 0 Å². The quantitative estimate of drug-likeness (QED) is 0.831. The third-order valence-electron chi connectivity index (χ3n) is 1.75. The number of aliphatic carboxylic acids is 1. The number of aliphatic hydroxyl groups excluding tert-OH is 1. The number of hydrogen-bond acceptors (Lipinski definition) is 2. The van der Waals surface area contributed by atoms with Gasteiger partial charge in [0.1, 0.15) is 0 Å². The third kappa shape index (κ3) is 2.95. The molecule has 0 aromatic carbocycles. The van der Waals surface area contributed by atoms with Crippen molar-refractivity contribution in [1.82, 2.24) is 0 Å². The molecule has 0 radical (unpaired) electrons. The van der Waals surface area contributed by atoms with Gasteiger partial charge in [0.05, 0.1) is 12.5 Å². The molecule has 1 unspecified atom stereocenters. The number of aliphatic hydroxyl groups is 1. The minimum absolute atomic E-state index is 0.167. The zero-order valence-electron chi connectivity index (χ0n) is 7.70. The Morgan fingerprint density at radius 3 is 2.21 bits per heavy atom. The molecule has 2 aliphatic rings. The molecule has 0 fully saturated rings. The van der Waals surface area contributed by atoms with Gasteiger partial charge in [0.15, 0.2) is 0 Å². The van der Waals surface area contributed by atoms with Gasteiger partial charge in [-0.05, 0) is 46.0 Å². The highest BCUT2D eigenvalue weighted by Gasteiger charge is 2.00. The van der Waals surface area contributed by atoms with E-state index >= 15 is 0 Å². The van der Waals surface area contributed by atoms with Crippen LogP contribution in [0.1, 0.15) is 13.3 Å². The zero-order valence-corrected chi connectivity index (χ0v) is 9.85. The molecule has 0 amide bonds. The van der Waals surface area contributed by atoms with Crippen molar-refractivity contribution in [1.29, 1.82) is 0 Å². The summed E-state index contributed by atoms with van der Waals surface area (Å²) in [5, 5.41) is 19.2. The van der Waals surface area contributed by atoms with Crippen LogP contribution in [0.15, 0.2) is 18.2 Å². The van der Waals surface area contributed by atoms with Crippen LogP contribution in [0.4, 0.5) is 0 Å². The topological polar surface area (TPSA) is 57.5 Å². The van der Waals surface area contributed by atoms with E-state index in [-0.39, 0.29) is 6.42 Å². The van der Waals surface area contributed by atoms with Crippen molar-refractivity contribution >= 4 is 28.6 Å². The molecule has 3 nitrogen and oxygen atoms in total. The van der Waals surface area contributed by atoms with E-state index in [2.05, 4.69) is 40.8 Å². The lowest BCUT2D eigenvalue weighted by molar-refractivity contribution is -0.138. The first-order chi connectivity index (χ1) is 6.50. The Morgan fingerprint density at radius 1 is 1.57 bits per heavy atom. The van der Waals surface area contributed by atoms with Crippen LogP contribution in [-0.4, -0.2) is 22.3 Å². The van der Waals surface area contributed by atoms with Gasteiger partial charge in [-0.3, -0.25) is 4.79 Å². The lowest BCUT2D eigenvalue weighted by Gasteiger charge is -2.02. The molecule has 0 saturated carbocycles. The molecule has 2 N–H and O–H groups in total. The Balaban J connectivity index is 0.000000140. The highest BCUT2D eigenvalue weighted by Crippen LogP contribution is 2.16. The van der Waals surface area contributed by atoms with E-state index in [0.717, 1.165) is 0 Å². The summed E-state index contributed by atoms with van der Waals surface area (Å²) >= 11 is 2.34. The highest BCUT2D eigenvalue weighted by atomic mass is 127. The molecule has 0 saturated heterocycles. The first-order valence-electron chi connectivity index (χ1n) is 4.20. The molecule has 0 heterocycles. The van der Waals surface area contributed by atoms with Gasteiger partial charge in [0.25, 0.3) is 0 Å². The summed E-state index contributed by atoms with van der Waals surface area (Å²) in [5.74, 6) is -0.963. The second kappa shape index (κ2) is 4.75. The predicted octanol–water partition coefficient (Wildman–Crippen LogP) is 1.73. The predicted molar refractivity (Wildman–Crippen MR) is 60.8 cm³/mol. The van der Waals surface area contributed by atoms with Crippen LogP contribution in [0.3, 0.4) is 0 Å². The Morgan fingerprint density at radius 2 is 2.21 bits per heavy atom. The second-order valence-electron chi connectivity index (χ2n) is 3.14. The van der Waals surface area contributed by atoms with Crippen LogP contribution < -0.4 is 0 Å². The molecule has 0 spiro atoms. The summed E-state index contributed by atoms with van der Waals surface area (Å²) in [6.45, 7) is 1.44. The summed E-state index contributed by atoms with van der Waals surface area (Å²) in [5.41, 5.74) is 0. The summed E-state index contributed by atoms with van der Waals surface area (Å²) in [6.07, 6.45) is -0.891. The van der Waals surface area contributed by atoms with Gasteiger partial charge in [-0.2, -0.15) is 0 Å². The summed E-state index contributed by atoms with van der Waals surface area (Å²) in [6, 6.07) is 6.48. The van der Waals surface area contributed by atoms with E-state index in [0.29, 0.717) is 0 Å². The number of carbonyl (C=O) groups is 1. The van der Waals surface area contributed by atoms with Gasteiger partial charge in [-0.25, -0.2) is 0 Å². The van der Waals surface area contributed by atoms with Gasteiger partial charge in [-0.15, -0.1) is 0 Å². The monoisotopic (exact) mass is 306 g/mol. The molecule has 0 aliphatic heterocycles. The maximum Gasteiger partial charge on any atom is 0.305 e. The zero-order chi connectivity index (χ0) is 10.7. The van der Waals surface area contributed by atoms with Crippen molar-refractivity contribution < 1.29 is 15.0 Å². The van der Waals surface area contributed by atoms with Crippen molar-refractivity contribution in [2.24, 2.45) is 0 Å². The van der Waals surface area contributed by atoms with E-state index in [9.17, 15) is 4.79 Å². The van der Waals surface area contributed by atoms with Gasteiger partial charge in [0.2, 0.25) is 0 Å². The number of halogens is 1.